The summed E-state index contributed by atoms with van der Waals surface area (Å²) in [4.78, 5) is 45.9. The highest BCUT2D eigenvalue weighted by atomic mass is 16.6. The van der Waals surface area contributed by atoms with Gasteiger partial charge in [0.25, 0.3) is 0 Å². The molecule has 1 spiro atoms. The van der Waals surface area contributed by atoms with Crippen molar-refractivity contribution in [2.45, 2.75) is 76.3 Å². The van der Waals surface area contributed by atoms with E-state index < -0.39 is 35.0 Å². The lowest BCUT2D eigenvalue weighted by Gasteiger charge is -2.37. The van der Waals surface area contributed by atoms with Crippen LogP contribution < -0.4 is 0 Å². The van der Waals surface area contributed by atoms with Crippen molar-refractivity contribution in [1.82, 2.24) is 24.8 Å². The predicted octanol–water partition coefficient (Wildman–Crippen LogP) is 3.09. The fraction of sp³-hybridized carbons (Fsp3) is 0.594. The average Bonchev–Trinajstić information content (AvgIpc) is 3.66. The number of aliphatic hydroxyl groups is 1. The molecule has 3 unspecified atom stereocenters. The van der Waals surface area contributed by atoms with Crippen molar-refractivity contribution in [1.29, 1.82) is 0 Å². The van der Waals surface area contributed by atoms with E-state index in [4.69, 9.17) is 9.47 Å². The zero-order valence-corrected chi connectivity index (χ0v) is 25.2. The van der Waals surface area contributed by atoms with Gasteiger partial charge in [-0.05, 0) is 50.7 Å². The van der Waals surface area contributed by atoms with Gasteiger partial charge < -0.3 is 24.4 Å². The number of unbranched alkanes of at least 4 members (excludes halogenated alkanes) is 3. The molecular formula is C32H43N5O6. The van der Waals surface area contributed by atoms with Crippen LogP contribution >= 0.6 is 0 Å². The molecule has 43 heavy (non-hydrogen) atoms. The standard InChI is InChI=1S/C32H43N5O6/c1-5-7-19-42-30(41)26-25-28(39)36(17-12-8-9-13-18-38)27(32(25)20-22(3)31(26,4)43-32)29(40)35(16-6-2)21-37-24-15-11-10-14-23(24)33-34-37/h5-6,10-11,14-15,22,25-27,38H,1-2,7-9,12-13,16-21H2,3-4H3/t22?,25-,26-,27?,31+,32?/m0/s1. The maximum Gasteiger partial charge on any atom is 0.312 e. The summed E-state index contributed by atoms with van der Waals surface area (Å²) in [7, 11) is 0. The first-order chi connectivity index (χ1) is 20.7. The number of ether oxygens (including phenoxy) is 2. The molecule has 0 saturated carbocycles. The van der Waals surface area contributed by atoms with Crippen molar-refractivity contribution in [3.63, 3.8) is 0 Å². The molecule has 5 rings (SSSR count). The molecule has 1 aromatic carbocycles. The maximum absolute atomic E-state index is 14.7. The minimum Gasteiger partial charge on any atom is -0.465 e. The smallest absolute Gasteiger partial charge is 0.312 e. The molecule has 3 saturated heterocycles. The molecule has 3 fully saturated rings. The molecule has 1 aromatic heterocycles. The SMILES string of the molecule is C=CCCOC(=O)[C@@H]1[C@H]2C(=O)N(CCCCCCO)C(C(=O)N(CC=C)Cn3nnc4ccccc43)C23CC(C)[C@@]1(C)O3. The van der Waals surface area contributed by atoms with Crippen LogP contribution in [-0.4, -0.2) is 91.2 Å². The summed E-state index contributed by atoms with van der Waals surface area (Å²) < 4.78 is 14.1. The molecule has 3 aliphatic heterocycles. The zero-order valence-electron chi connectivity index (χ0n) is 25.2. The number of nitrogens with zero attached hydrogens (tertiary/aromatic N) is 5. The number of carbonyl (C=O) groups is 3. The molecule has 6 atom stereocenters. The lowest BCUT2D eigenvalue weighted by Crippen LogP contribution is -2.56. The topological polar surface area (TPSA) is 127 Å². The first-order valence-electron chi connectivity index (χ1n) is 15.3. The molecule has 4 heterocycles. The van der Waals surface area contributed by atoms with Gasteiger partial charge in [0, 0.05) is 19.7 Å². The molecule has 2 bridgehead atoms. The fourth-order valence-electron chi connectivity index (χ4n) is 7.43. The highest BCUT2D eigenvalue weighted by Gasteiger charge is 2.80. The van der Waals surface area contributed by atoms with Crippen LogP contribution in [0, 0.1) is 17.8 Å². The van der Waals surface area contributed by atoms with Crippen molar-refractivity contribution in [3.05, 3.63) is 49.6 Å². The lowest BCUT2D eigenvalue weighted by molar-refractivity contribution is -0.162. The van der Waals surface area contributed by atoms with Crippen LogP contribution in [0.4, 0.5) is 0 Å². The van der Waals surface area contributed by atoms with E-state index in [0.717, 1.165) is 18.4 Å². The van der Waals surface area contributed by atoms with E-state index in [-0.39, 0.29) is 44.2 Å². The van der Waals surface area contributed by atoms with Crippen molar-refractivity contribution < 1.29 is 29.0 Å². The van der Waals surface area contributed by atoms with E-state index in [1.807, 2.05) is 38.1 Å². The Morgan fingerprint density at radius 2 is 1.98 bits per heavy atom. The molecule has 232 valence electrons. The van der Waals surface area contributed by atoms with Crippen LogP contribution in [0.25, 0.3) is 11.0 Å². The second-order valence-corrected chi connectivity index (χ2v) is 12.2. The Balaban J connectivity index is 1.50. The number of hydrogen-bond acceptors (Lipinski definition) is 8. The molecule has 0 aliphatic carbocycles. The lowest BCUT2D eigenvalue weighted by atomic mass is 9.62. The highest BCUT2D eigenvalue weighted by molar-refractivity contribution is 5.98. The molecule has 11 heteroatoms. The van der Waals surface area contributed by atoms with E-state index in [1.165, 1.54) is 0 Å². The molecule has 1 N–H and O–H groups in total. The van der Waals surface area contributed by atoms with Crippen molar-refractivity contribution in [3.8, 4) is 0 Å². The minimum absolute atomic E-state index is 0.0829. The van der Waals surface area contributed by atoms with Crippen molar-refractivity contribution >= 4 is 28.8 Å². The van der Waals surface area contributed by atoms with Crippen LogP contribution in [0.3, 0.4) is 0 Å². The Hall–Kier alpha value is -3.57. The van der Waals surface area contributed by atoms with Gasteiger partial charge in [-0.2, -0.15) is 0 Å². The van der Waals surface area contributed by atoms with Crippen molar-refractivity contribution in [2.75, 3.05) is 26.3 Å². The summed E-state index contributed by atoms with van der Waals surface area (Å²) in [6, 6.07) is 6.60. The van der Waals surface area contributed by atoms with Gasteiger partial charge in [0.15, 0.2) is 0 Å². The first-order valence-corrected chi connectivity index (χ1v) is 15.3. The van der Waals surface area contributed by atoms with Crippen LogP contribution in [0.15, 0.2) is 49.6 Å². The summed E-state index contributed by atoms with van der Waals surface area (Å²) >= 11 is 0. The molecule has 11 nitrogen and oxygen atoms in total. The number of aromatic nitrogens is 3. The van der Waals surface area contributed by atoms with E-state index >= 15 is 0 Å². The van der Waals surface area contributed by atoms with E-state index in [1.54, 1.807) is 26.6 Å². The quantitative estimate of drug-likeness (QED) is 0.190. The first kappa shape index (κ1) is 30.9. The number of likely N-dealkylation sites (tertiary alicyclic amines) is 1. The normalized spacial score (nSPS) is 29.2. The largest absolute Gasteiger partial charge is 0.465 e. The number of carbonyl (C=O) groups excluding carboxylic acids is 3. The second kappa shape index (κ2) is 12.6. The fourth-order valence-corrected chi connectivity index (χ4v) is 7.43. The van der Waals surface area contributed by atoms with Gasteiger partial charge in [-0.25, -0.2) is 4.68 Å². The Kier molecular flexibility index (Phi) is 9.03. The van der Waals surface area contributed by atoms with E-state index in [2.05, 4.69) is 23.5 Å². The van der Waals surface area contributed by atoms with Crippen molar-refractivity contribution in [2.24, 2.45) is 17.8 Å². The summed E-state index contributed by atoms with van der Waals surface area (Å²) in [6.07, 6.45) is 7.26. The maximum atomic E-state index is 14.7. The number of fused-ring (bicyclic) bond motifs is 2. The van der Waals surface area contributed by atoms with Crippen LogP contribution in [0.2, 0.25) is 0 Å². The van der Waals surface area contributed by atoms with Gasteiger partial charge in [-0.3, -0.25) is 14.4 Å². The Morgan fingerprint density at radius 3 is 2.72 bits per heavy atom. The number of aliphatic hydroxyl groups excluding tert-OH is 1. The third-order valence-corrected chi connectivity index (χ3v) is 9.56. The number of para-hydroxylation sites is 1. The van der Waals surface area contributed by atoms with Crippen LogP contribution in [-0.2, 0) is 30.5 Å². The van der Waals surface area contributed by atoms with Crippen LogP contribution in [0.5, 0.6) is 0 Å². The third kappa shape index (κ3) is 5.26. The van der Waals surface area contributed by atoms with Gasteiger partial charge in [-0.1, -0.05) is 49.3 Å². The Labute approximate surface area is 252 Å². The molecule has 2 aromatic rings. The minimum atomic E-state index is -1.17. The number of benzene rings is 1. The molecule has 3 aliphatic rings. The average molecular weight is 594 g/mol. The van der Waals surface area contributed by atoms with E-state index in [9.17, 15) is 19.5 Å². The van der Waals surface area contributed by atoms with Gasteiger partial charge in [0.1, 0.15) is 29.7 Å². The van der Waals surface area contributed by atoms with Gasteiger partial charge in [-0.15, -0.1) is 18.3 Å². The number of hydrogen-bond donors (Lipinski definition) is 1. The highest BCUT2D eigenvalue weighted by Crippen LogP contribution is 2.65. The number of esters is 1. The van der Waals surface area contributed by atoms with Gasteiger partial charge in [0.2, 0.25) is 11.8 Å². The Morgan fingerprint density at radius 1 is 1.21 bits per heavy atom. The molecule has 2 amide bonds. The number of amides is 2. The monoisotopic (exact) mass is 593 g/mol. The molecule has 0 radical (unpaired) electrons. The molecular weight excluding hydrogens is 550 g/mol. The van der Waals surface area contributed by atoms with Gasteiger partial charge >= 0.3 is 5.97 Å². The summed E-state index contributed by atoms with van der Waals surface area (Å²) in [5, 5.41) is 17.7. The summed E-state index contributed by atoms with van der Waals surface area (Å²) in [5.74, 6) is -2.72. The van der Waals surface area contributed by atoms with Crippen LogP contribution in [0.1, 0.15) is 52.4 Å². The number of rotatable bonds is 15. The third-order valence-electron chi connectivity index (χ3n) is 9.56. The summed E-state index contributed by atoms with van der Waals surface area (Å²) in [6.45, 7) is 12.4. The second-order valence-electron chi connectivity index (χ2n) is 12.2. The van der Waals surface area contributed by atoms with Gasteiger partial charge in [0.05, 0.1) is 23.6 Å². The zero-order chi connectivity index (χ0) is 30.8. The predicted molar refractivity (Wildman–Crippen MR) is 159 cm³/mol. The summed E-state index contributed by atoms with van der Waals surface area (Å²) in [5.41, 5.74) is -0.613. The van der Waals surface area contributed by atoms with E-state index in [0.29, 0.717) is 37.7 Å². The Bertz CT molecular complexity index is 1380.